The number of rotatable bonds is 2. The molecule has 20 heavy (non-hydrogen) atoms. The lowest BCUT2D eigenvalue weighted by Crippen LogP contribution is -2.39. The molecule has 3 unspecified atom stereocenters. The van der Waals surface area contributed by atoms with E-state index in [0.29, 0.717) is 17.6 Å². The number of carbonyl (C=O) groups excluding carboxylic acids is 1. The van der Waals surface area contributed by atoms with Crippen LogP contribution in [0.2, 0.25) is 0 Å². The minimum Gasteiger partial charge on any atom is -0.508 e. The molecule has 3 rings (SSSR count). The first-order valence-corrected chi connectivity index (χ1v) is 7.50. The number of amides is 1. The van der Waals surface area contributed by atoms with Gasteiger partial charge in [0.1, 0.15) is 5.75 Å². The van der Waals surface area contributed by atoms with Crippen molar-refractivity contribution in [2.24, 2.45) is 5.92 Å². The van der Waals surface area contributed by atoms with Gasteiger partial charge in [-0.15, -0.1) is 0 Å². The van der Waals surface area contributed by atoms with Crippen LogP contribution in [-0.4, -0.2) is 23.1 Å². The van der Waals surface area contributed by atoms with E-state index >= 15 is 0 Å². The molecule has 4 heteroatoms. The third-order valence-electron chi connectivity index (χ3n) is 4.66. The molecule has 2 fully saturated rings. The number of fused-ring (bicyclic) bond motifs is 1. The van der Waals surface area contributed by atoms with E-state index in [2.05, 4.69) is 10.6 Å². The van der Waals surface area contributed by atoms with Crippen molar-refractivity contribution < 1.29 is 9.90 Å². The lowest BCUT2D eigenvalue weighted by molar-refractivity contribution is -0.117. The Morgan fingerprint density at radius 1 is 1.35 bits per heavy atom. The van der Waals surface area contributed by atoms with E-state index in [4.69, 9.17) is 0 Å². The molecule has 108 valence electrons. The summed E-state index contributed by atoms with van der Waals surface area (Å²) >= 11 is 0. The Morgan fingerprint density at radius 2 is 2.15 bits per heavy atom. The van der Waals surface area contributed by atoms with E-state index in [1.54, 1.807) is 6.07 Å². The average molecular weight is 274 g/mol. The quantitative estimate of drug-likeness (QED) is 0.776. The second-order valence-corrected chi connectivity index (χ2v) is 6.10. The van der Waals surface area contributed by atoms with Gasteiger partial charge in [0.15, 0.2) is 0 Å². The topological polar surface area (TPSA) is 61.4 Å². The maximum atomic E-state index is 12.3. The third-order valence-corrected chi connectivity index (χ3v) is 4.66. The summed E-state index contributed by atoms with van der Waals surface area (Å²) in [7, 11) is 0. The number of phenolic OH excluding ortho intramolecular Hbond substituents is 1. The molecule has 3 N–H and O–H groups in total. The monoisotopic (exact) mass is 274 g/mol. The number of carbonyl (C=O) groups is 1. The van der Waals surface area contributed by atoms with Gasteiger partial charge in [-0.2, -0.15) is 0 Å². The molecule has 0 aromatic heterocycles. The van der Waals surface area contributed by atoms with Crippen molar-refractivity contribution >= 4 is 11.6 Å². The first-order chi connectivity index (χ1) is 9.63. The fourth-order valence-corrected chi connectivity index (χ4v) is 3.44. The standard InChI is InChI=1S/C16H22N2O2/c1-10-6-7-12(9-15(10)19)17-16(20)14-8-11-4-2-3-5-13(11)18-14/h6-7,9,11,13-14,18-19H,2-5,8H2,1H3,(H,17,20). The van der Waals surface area contributed by atoms with E-state index in [1.807, 2.05) is 19.1 Å². The Hall–Kier alpha value is -1.55. The van der Waals surface area contributed by atoms with Crippen molar-refractivity contribution in [3.8, 4) is 5.75 Å². The van der Waals surface area contributed by atoms with Gasteiger partial charge < -0.3 is 15.7 Å². The molecule has 4 nitrogen and oxygen atoms in total. The molecule has 0 bridgehead atoms. The van der Waals surface area contributed by atoms with Crippen LogP contribution in [0.15, 0.2) is 18.2 Å². The van der Waals surface area contributed by atoms with Gasteiger partial charge in [0.05, 0.1) is 6.04 Å². The van der Waals surface area contributed by atoms with Gasteiger partial charge in [-0.1, -0.05) is 18.9 Å². The van der Waals surface area contributed by atoms with Crippen LogP contribution in [0, 0.1) is 12.8 Å². The van der Waals surface area contributed by atoms with Crippen LogP contribution >= 0.6 is 0 Å². The molecule has 0 spiro atoms. The summed E-state index contributed by atoms with van der Waals surface area (Å²) in [6, 6.07) is 5.68. The minimum atomic E-state index is -0.0912. The van der Waals surface area contributed by atoms with Crippen LogP contribution in [0.1, 0.15) is 37.7 Å². The van der Waals surface area contributed by atoms with Crippen LogP contribution in [0.5, 0.6) is 5.75 Å². The Kier molecular flexibility index (Phi) is 3.66. The van der Waals surface area contributed by atoms with E-state index in [1.165, 1.54) is 25.7 Å². The van der Waals surface area contributed by atoms with Crippen LogP contribution < -0.4 is 10.6 Å². The molecule has 1 amide bonds. The summed E-state index contributed by atoms with van der Waals surface area (Å²) in [5, 5.41) is 16.0. The molecule has 0 radical (unpaired) electrons. The van der Waals surface area contributed by atoms with Crippen molar-refractivity contribution in [1.29, 1.82) is 0 Å². The van der Waals surface area contributed by atoms with Gasteiger partial charge in [0.25, 0.3) is 0 Å². The molecule has 1 aromatic carbocycles. The number of aryl methyl sites for hydroxylation is 1. The number of aromatic hydroxyl groups is 1. The zero-order chi connectivity index (χ0) is 14.1. The maximum absolute atomic E-state index is 12.3. The van der Waals surface area contributed by atoms with E-state index in [9.17, 15) is 9.90 Å². The highest BCUT2D eigenvalue weighted by Crippen LogP contribution is 2.33. The number of benzene rings is 1. The largest absolute Gasteiger partial charge is 0.508 e. The van der Waals surface area contributed by atoms with Crippen molar-refractivity contribution in [1.82, 2.24) is 5.32 Å². The van der Waals surface area contributed by atoms with Gasteiger partial charge in [-0.3, -0.25) is 4.79 Å². The van der Waals surface area contributed by atoms with Gasteiger partial charge in [0.2, 0.25) is 5.91 Å². The van der Waals surface area contributed by atoms with Crippen LogP contribution in [0.4, 0.5) is 5.69 Å². The second-order valence-electron chi connectivity index (χ2n) is 6.10. The van der Waals surface area contributed by atoms with Gasteiger partial charge in [0, 0.05) is 17.8 Å². The molecule has 1 aliphatic heterocycles. The maximum Gasteiger partial charge on any atom is 0.241 e. The molecule has 1 aliphatic carbocycles. The lowest BCUT2D eigenvalue weighted by Gasteiger charge is -2.24. The Balaban J connectivity index is 1.63. The fraction of sp³-hybridized carbons (Fsp3) is 0.562. The Labute approximate surface area is 119 Å². The van der Waals surface area contributed by atoms with Crippen molar-refractivity contribution in [2.75, 3.05) is 5.32 Å². The number of anilines is 1. The lowest BCUT2D eigenvalue weighted by atomic mass is 9.85. The number of phenols is 1. The van der Waals surface area contributed by atoms with E-state index in [-0.39, 0.29) is 17.7 Å². The smallest absolute Gasteiger partial charge is 0.241 e. The summed E-state index contributed by atoms with van der Waals surface area (Å²) < 4.78 is 0. The zero-order valence-corrected chi connectivity index (χ0v) is 11.9. The van der Waals surface area contributed by atoms with Gasteiger partial charge in [-0.25, -0.2) is 0 Å². The summed E-state index contributed by atoms with van der Waals surface area (Å²) in [4.78, 5) is 12.3. The summed E-state index contributed by atoms with van der Waals surface area (Å²) in [5.41, 5.74) is 1.47. The highest BCUT2D eigenvalue weighted by Gasteiger charge is 2.38. The number of hydrogen-bond acceptors (Lipinski definition) is 3. The summed E-state index contributed by atoms with van der Waals surface area (Å²) in [6.45, 7) is 1.84. The van der Waals surface area contributed by atoms with Crippen molar-refractivity contribution in [3.63, 3.8) is 0 Å². The molecule has 1 heterocycles. The molecular weight excluding hydrogens is 252 g/mol. The Bertz CT molecular complexity index is 501. The van der Waals surface area contributed by atoms with E-state index in [0.717, 1.165) is 12.0 Å². The molecule has 1 saturated carbocycles. The molecule has 1 saturated heterocycles. The highest BCUT2D eigenvalue weighted by atomic mass is 16.3. The van der Waals surface area contributed by atoms with Gasteiger partial charge in [-0.05, 0) is 43.7 Å². The second kappa shape index (κ2) is 5.44. The molecule has 3 atom stereocenters. The average Bonchev–Trinajstić information content (AvgIpc) is 2.87. The van der Waals surface area contributed by atoms with Gasteiger partial charge >= 0.3 is 0 Å². The van der Waals surface area contributed by atoms with Crippen LogP contribution in [-0.2, 0) is 4.79 Å². The third kappa shape index (κ3) is 2.66. The zero-order valence-electron chi connectivity index (χ0n) is 11.9. The van der Waals surface area contributed by atoms with Crippen molar-refractivity contribution in [2.45, 2.75) is 51.1 Å². The minimum absolute atomic E-state index is 0.0163. The molecule has 1 aromatic rings. The normalized spacial score (nSPS) is 28.9. The highest BCUT2D eigenvalue weighted by molar-refractivity contribution is 5.95. The fourth-order valence-electron chi connectivity index (χ4n) is 3.44. The summed E-state index contributed by atoms with van der Waals surface area (Å²) in [6.07, 6.45) is 5.94. The first kappa shape index (κ1) is 13.4. The SMILES string of the molecule is Cc1ccc(NC(=O)C2CC3CCCCC3N2)cc1O. The number of nitrogens with one attached hydrogen (secondary N) is 2. The first-order valence-electron chi connectivity index (χ1n) is 7.50. The van der Waals surface area contributed by atoms with Crippen LogP contribution in [0.25, 0.3) is 0 Å². The Morgan fingerprint density at radius 3 is 2.90 bits per heavy atom. The van der Waals surface area contributed by atoms with Crippen molar-refractivity contribution in [3.05, 3.63) is 23.8 Å². The summed E-state index contributed by atoms with van der Waals surface area (Å²) in [5.74, 6) is 0.893. The number of hydrogen-bond donors (Lipinski definition) is 3. The predicted octanol–water partition coefficient (Wildman–Crippen LogP) is 2.56. The molecular formula is C16H22N2O2. The molecule has 2 aliphatic rings. The predicted molar refractivity (Wildman–Crippen MR) is 78.8 cm³/mol. The van der Waals surface area contributed by atoms with Crippen LogP contribution in [0.3, 0.4) is 0 Å². The van der Waals surface area contributed by atoms with E-state index < -0.39 is 0 Å².